The second-order valence-electron chi connectivity index (χ2n) is 3.92. The summed E-state index contributed by atoms with van der Waals surface area (Å²) >= 11 is 5.74. The lowest BCUT2D eigenvalue weighted by Gasteiger charge is -2.07. The van der Waals surface area contributed by atoms with Gasteiger partial charge in [0, 0.05) is 24.0 Å². The van der Waals surface area contributed by atoms with Crippen LogP contribution in [0.1, 0.15) is 16.1 Å². The zero-order chi connectivity index (χ0) is 13.1. The monoisotopic (exact) mass is 266 g/mol. The van der Waals surface area contributed by atoms with Crippen molar-refractivity contribution in [1.82, 2.24) is 9.88 Å². The van der Waals surface area contributed by atoms with Crippen LogP contribution in [0.4, 0.5) is 4.39 Å². The van der Waals surface area contributed by atoms with E-state index in [2.05, 4.69) is 5.32 Å². The van der Waals surface area contributed by atoms with Gasteiger partial charge in [-0.05, 0) is 30.3 Å². The van der Waals surface area contributed by atoms with Crippen molar-refractivity contribution in [1.29, 1.82) is 0 Å². The third-order valence-corrected chi connectivity index (χ3v) is 2.89. The molecule has 0 radical (unpaired) electrons. The fourth-order valence-corrected chi connectivity index (χ4v) is 1.79. The molecule has 1 heterocycles. The number of carbonyl (C=O) groups excluding carboxylic acids is 1. The summed E-state index contributed by atoms with van der Waals surface area (Å²) in [5, 5.41) is 2.99. The van der Waals surface area contributed by atoms with Crippen molar-refractivity contribution in [3.63, 3.8) is 0 Å². The fraction of sp³-hybridized carbons (Fsp3) is 0.154. The normalized spacial score (nSPS) is 10.4. The van der Waals surface area contributed by atoms with Crippen molar-refractivity contribution in [2.24, 2.45) is 7.05 Å². The van der Waals surface area contributed by atoms with Gasteiger partial charge in [0.25, 0.3) is 5.91 Å². The molecule has 5 heteroatoms. The SMILES string of the molecule is Cn1cccc1CNC(=O)c1cc(Cl)ccc1F. The van der Waals surface area contributed by atoms with Crippen LogP contribution in [0.25, 0.3) is 0 Å². The predicted molar refractivity (Wildman–Crippen MR) is 68.0 cm³/mol. The first-order chi connectivity index (χ1) is 8.58. The number of aryl methyl sites for hydroxylation is 1. The van der Waals surface area contributed by atoms with Crippen molar-refractivity contribution in [3.8, 4) is 0 Å². The quantitative estimate of drug-likeness (QED) is 0.911. The predicted octanol–water partition coefficient (Wildman–Crippen LogP) is 2.75. The van der Waals surface area contributed by atoms with E-state index in [9.17, 15) is 9.18 Å². The molecule has 0 bridgehead atoms. The van der Waals surface area contributed by atoms with Gasteiger partial charge in [-0.15, -0.1) is 0 Å². The molecule has 0 spiro atoms. The van der Waals surface area contributed by atoms with Crippen molar-refractivity contribution in [3.05, 3.63) is 58.6 Å². The largest absolute Gasteiger partial charge is 0.353 e. The Hall–Kier alpha value is -1.81. The number of benzene rings is 1. The first-order valence-electron chi connectivity index (χ1n) is 5.41. The summed E-state index contributed by atoms with van der Waals surface area (Å²) in [7, 11) is 1.88. The Morgan fingerprint density at radius 2 is 2.22 bits per heavy atom. The molecule has 1 aromatic heterocycles. The smallest absolute Gasteiger partial charge is 0.254 e. The number of aromatic nitrogens is 1. The Kier molecular flexibility index (Phi) is 3.67. The van der Waals surface area contributed by atoms with Gasteiger partial charge in [0.1, 0.15) is 5.82 Å². The highest BCUT2D eigenvalue weighted by Gasteiger charge is 2.12. The lowest BCUT2D eigenvalue weighted by Crippen LogP contribution is -2.24. The van der Waals surface area contributed by atoms with E-state index >= 15 is 0 Å². The number of halogens is 2. The van der Waals surface area contributed by atoms with Crippen molar-refractivity contribution < 1.29 is 9.18 Å². The van der Waals surface area contributed by atoms with Crippen LogP contribution in [0.15, 0.2) is 36.5 Å². The van der Waals surface area contributed by atoms with Crippen LogP contribution in [0.5, 0.6) is 0 Å². The number of nitrogens with one attached hydrogen (secondary N) is 1. The lowest BCUT2D eigenvalue weighted by molar-refractivity contribution is 0.0946. The molecule has 94 valence electrons. The number of rotatable bonds is 3. The minimum atomic E-state index is -0.580. The zero-order valence-corrected chi connectivity index (χ0v) is 10.5. The van der Waals surface area contributed by atoms with E-state index in [1.165, 1.54) is 18.2 Å². The summed E-state index contributed by atoms with van der Waals surface area (Å²) in [5.74, 6) is -1.06. The minimum absolute atomic E-state index is 0.0447. The van der Waals surface area contributed by atoms with Crippen LogP contribution < -0.4 is 5.32 Å². The molecule has 18 heavy (non-hydrogen) atoms. The maximum atomic E-state index is 13.4. The molecule has 2 rings (SSSR count). The topological polar surface area (TPSA) is 34.0 Å². The van der Waals surface area contributed by atoms with Gasteiger partial charge in [-0.1, -0.05) is 11.6 Å². The van der Waals surface area contributed by atoms with Gasteiger partial charge in [-0.3, -0.25) is 4.79 Å². The molecule has 0 fully saturated rings. The van der Waals surface area contributed by atoms with Crippen LogP contribution in [0.3, 0.4) is 0 Å². The minimum Gasteiger partial charge on any atom is -0.353 e. The first kappa shape index (κ1) is 12.6. The zero-order valence-electron chi connectivity index (χ0n) is 9.78. The molecule has 3 nitrogen and oxygen atoms in total. The second-order valence-corrected chi connectivity index (χ2v) is 4.35. The van der Waals surface area contributed by atoms with Crippen molar-refractivity contribution in [2.75, 3.05) is 0 Å². The van der Waals surface area contributed by atoms with Crippen LogP contribution in [-0.2, 0) is 13.6 Å². The molecule has 1 aromatic carbocycles. The summed E-state index contributed by atoms with van der Waals surface area (Å²) < 4.78 is 15.3. The van der Waals surface area contributed by atoms with Crippen molar-refractivity contribution >= 4 is 17.5 Å². The van der Waals surface area contributed by atoms with E-state index in [4.69, 9.17) is 11.6 Å². The van der Waals surface area contributed by atoms with Crippen LogP contribution >= 0.6 is 11.6 Å². The number of nitrogens with zero attached hydrogens (tertiary/aromatic N) is 1. The van der Waals surface area contributed by atoms with Gasteiger partial charge >= 0.3 is 0 Å². The molecular formula is C13H12ClFN2O. The summed E-state index contributed by atoms with van der Waals surface area (Å²) in [6.45, 7) is 0.342. The van der Waals surface area contributed by atoms with E-state index in [1.807, 2.05) is 29.9 Å². The average Bonchev–Trinajstić information content (AvgIpc) is 2.75. The van der Waals surface area contributed by atoms with Gasteiger partial charge in [-0.2, -0.15) is 0 Å². The second kappa shape index (κ2) is 5.23. The summed E-state index contributed by atoms with van der Waals surface area (Å²) in [5.41, 5.74) is 0.891. The summed E-state index contributed by atoms with van der Waals surface area (Å²) in [4.78, 5) is 11.8. The molecule has 0 atom stereocenters. The highest BCUT2D eigenvalue weighted by Crippen LogP contribution is 2.14. The van der Waals surface area contributed by atoms with Gasteiger partial charge in [0.15, 0.2) is 0 Å². The molecule has 0 saturated heterocycles. The highest BCUT2D eigenvalue weighted by atomic mass is 35.5. The molecule has 1 N–H and O–H groups in total. The maximum Gasteiger partial charge on any atom is 0.254 e. The third kappa shape index (κ3) is 2.71. The van der Waals surface area contributed by atoms with Crippen LogP contribution in [0.2, 0.25) is 5.02 Å². The Labute approximate surface area is 109 Å². The maximum absolute atomic E-state index is 13.4. The van der Waals surface area contributed by atoms with Gasteiger partial charge < -0.3 is 9.88 Å². The van der Waals surface area contributed by atoms with Gasteiger partial charge in [0.05, 0.1) is 12.1 Å². The standard InChI is InChI=1S/C13H12ClFN2O/c1-17-6-2-3-10(17)8-16-13(18)11-7-9(14)4-5-12(11)15/h2-7H,8H2,1H3,(H,16,18). The van der Waals surface area contributed by atoms with Crippen molar-refractivity contribution in [2.45, 2.75) is 6.54 Å². The van der Waals surface area contributed by atoms with Crippen LogP contribution in [-0.4, -0.2) is 10.5 Å². The van der Waals surface area contributed by atoms with E-state index in [-0.39, 0.29) is 5.56 Å². The Morgan fingerprint density at radius 3 is 2.89 bits per heavy atom. The molecule has 1 amide bonds. The lowest BCUT2D eigenvalue weighted by atomic mass is 10.2. The van der Waals surface area contributed by atoms with E-state index in [0.717, 1.165) is 5.69 Å². The third-order valence-electron chi connectivity index (χ3n) is 2.65. The van der Waals surface area contributed by atoms with E-state index in [0.29, 0.717) is 11.6 Å². The number of carbonyl (C=O) groups is 1. The van der Waals surface area contributed by atoms with E-state index in [1.54, 1.807) is 0 Å². The molecule has 0 aliphatic rings. The molecular weight excluding hydrogens is 255 g/mol. The average molecular weight is 267 g/mol. The van der Waals surface area contributed by atoms with E-state index < -0.39 is 11.7 Å². The first-order valence-corrected chi connectivity index (χ1v) is 5.79. The Morgan fingerprint density at radius 1 is 1.44 bits per heavy atom. The molecule has 0 aliphatic heterocycles. The number of amides is 1. The fourth-order valence-electron chi connectivity index (χ4n) is 1.62. The van der Waals surface area contributed by atoms with Crippen LogP contribution in [0, 0.1) is 5.82 Å². The summed E-state index contributed by atoms with van der Waals surface area (Å²) in [6.07, 6.45) is 1.88. The molecule has 0 unspecified atom stereocenters. The Balaban J connectivity index is 2.08. The summed E-state index contributed by atoms with van der Waals surface area (Å²) in [6, 6.07) is 7.66. The molecule has 2 aromatic rings. The van der Waals surface area contributed by atoms with Gasteiger partial charge in [-0.25, -0.2) is 4.39 Å². The molecule has 0 aliphatic carbocycles. The Bertz CT molecular complexity index is 580. The molecule has 0 saturated carbocycles. The highest BCUT2D eigenvalue weighted by molar-refractivity contribution is 6.30. The number of hydrogen-bond donors (Lipinski definition) is 1. The van der Waals surface area contributed by atoms with Gasteiger partial charge in [0.2, 0.25) is 0 Å². The number of hydrogen-bond acceptors (Lipinski definition) is 1.